The number of hydrogen-bond donors (Lipinski definition) is 0. The number of allylic oxidation sites excluding steroid dienone is 2. The van der Waals surface area contributed by atoms with E-state index in [-0.39, 0.29) is 23.0 Å². The topological polar surface area (TPSA) is 67.2 Å². The van der Waals surface area contributed by atoms with Crippen molar-refractivity contribution in [1.82, 2.24) is 0 Å². The van der Waals surface area contributed by atoms with Gasteiger partial charge in [-0.3, -0.25) is 9.59 Å². The van der Waals surface area contributed by atoms with Crippen LogP contribution in [0.5, 0.6) is 0 Å². The highest BCUT2D eigenvalue weighted by Gasteiger charge is 2.69. The number of rotatable bonds is 2. The quantitative estimate of drug-likeness (QED) is 0.493. The first-order chi connectivity index (χ1) is 13.0. The Balaban J connectivity index is 1.76. The van der Waals surface area contributed by atoms with Gasteiger partial charge in [-0.05, 0) is 75.4 Å². The van der Waals surface area contributed by atoms with E-state index in [0.29, 0.717) is 37.4 Å². The summed E-state index contributed by atoms with van der Waals surface area (Å²) in [6, 6.07) is 2.49. The number of nitrogens with zero attached hydrogens (tertiary/aromatic N) is 1. The molecule has 0 saturated heterocycles. The molecule has 0 amide bonds. The molecule has 4 aliphatic rings. The molecule has 0 aromatic rings. The molecule has 5 heteroatoms. The smallest absolute Gasteiger partial charge is 0.185 e. The highest BCUT2D eigenvalue weighted by Crippen LogP contribution is 2.66. The van der Waals surface area contributed by atoms with Crippen LogP contribution in [0.25, 0.3) is 0 Å². The first kappa shape index (κ1) is 20.0. The standard InChI is InChI=1S/C23H33NO3Si/c1-21-13-16(25)8-6-15(21)7-9-17-18-10-11-23(14-24,27-28(3,4)5)22(18,2)20(26)12-19(17)21/h7,17-19H,6,8-13H2,1-5H3/t17-,18-,19-,21-,22-,23-/m1/s1. The van der Waals surface area contributed by atoms with E-state index >= 15 is 0 Å². The lowest BCUT2D eigenvalue weighted by Crippen LogP contribution is -2.61. The maximum Gasteiger partial charge on any atom is 0.185 e. The number of nitriles is 1. The summed E-state index contributed by atoms with van der Waals surface area (Å²) in [5, 5.41) is 10.2. The van der Waals surface area contributed by atoms with Crippen LogP contribution in [0.3, 0.4) is 0 Å². The Bertz CT molecular complexity index is 806. The summed E-state index contributed by atoms with van der Waals surface area (Å²) in [6.45, 7) is 10.5. The molecule has 4 rings (SSSR count). The molecular formula is C23H33NO3Si. The lowest BCUT2D eigenvalue weighted by atomic mass is 9.46. The zero-order valence-electron chi connectivity index (χ0n) is 17.9. The van der Waals surface area contributed by atoms with E-state index in [2.05, 4.69) is 38.7 Å². The van der Waals surface area contributed by atoms with Crippen LogP contribution < -0.4 is 0 Å². The molecule has 4 aliphatic carbocycles. The molecule has 4 nitrogen and oxygen atoms in total. The summed E-state index contributed by atoms with van der Waals surface area (Å²) in [6.07, 6.45) is 7.43. The number of carbonyl (C=O) groups excluding carboxylic acids is 2. The number of hydrogen-bond acceptors (Lipinski definition) is 4. The second-order valence-electron chi connectivity index (χ2n) is 11.0. The van der Waals surface area contributed by atoms with Gasteiger partial charge < -0.3 is 4.43 Å². The lowest BCUT2D eigenvalue weighted by Gasteiger charge is -2.57. The predicted molar refractivity (Wildman–Crippen MR) is 110 cm³/mol. The van der Waals surface area contributed by atoms with E-state index in [1.54, 1.807) is 0 Å². The minimum absolute atomic E-state index is 0.168. The Morgan fingerprint density at radius 2 is 1.89 bits per heavy atom. The first-order valence-electron chi connectivity index (χ1n) is 10.8. The van der Waals surface area contributed by atoms with E-state index in [4.69, 9.17) is 4.43 Å². The number of ketones is 2. The normalized spacial score (nSPS) is 45.6. The summed E-state index contributed by atoms with van der Waals surface area (Å²) < 4.78 is 6.49. The van der Waals surface area contributed by atoms with Gasteiger partial charge >= 0.3 is 0 Å². The summed E-state index contributed by atoms with van der Waals surface area (Å²) in [7, 11) is -2.00. The van der Waals surface area contributed by atoms with Crippen molar-refractivity contribution in [1.29, 1.82) is 5.26 Å². The molecule has 0 aromatic carbocycles. The van der Waals surface area contributed by atoms with Crippen molar-refractivity contribution in [3.8, 4) is 6.07 Å². The van der Waals surface area contributed by atoms with Gasteiger partial charge in [0.15, 0.2) is 13.9 Å². The highest BCUT2D eigenvalue weighted by molar-refractivity contribution is 6.69. The lowest BCUT2D eigenvalue weighted by molar-refractivity contribution is -0.155. The molecule has 0 bridgehead atoms. The van der Waals surface area contributed by atoms with Gasteiger partial charge in [0.1, 0.15) is 11.6 Å². The molecule has 3 fully saturated rings. The minimum Gasteiger partial charge on any atom is -0.399 e. The van der Waals surface area contributed by atoms with Crippen molar-refractivity contribution in [2.24, 2.45) is 28.6 Å². The van der Waals surface area contributed by atoms with E-state index < -0.39 is 19.3 Å². The van der Waals surface area contributed by atoms with Crippen molar-refractivity contribution >= 4 is 19.9 Å². The van der Waals surface area contributed by atoms with E-state index in [1.807, 2.05) is 6.92 Å². The molecular weight excluding hydrogens is 366 g/mol. The second kappa shape index (κ2) is 6.12. The van der Waals surface area contributed by atoms with Crippen molar-refractivity contribution in [3.63, 3.8) is 0 Å². The number of carbonyl (C=O) groups is 2. The maximum absolute atomic E-state index is 13.7. The van der Waals surface area contributed by atoms with Crippen molar-refractivity contribution in [3.05, 3.63) is 11.6 Å². The third-order valence-corrected chi connectivity index (χ3v) is 9.45. The van der Waals surface area contributed by atoms with Crippen LogP contribution in [-0.2, 0) is 14.0 Å². The SMILES string of the molecule is C[C@]12C(=O)C[C@@H]3[C@H](CC=C4CCC(=O)C[C@]43C)[C@H]1CC[C@]2(C#N)O[Si](C)(C)C. The van der Waals surface area contributed by atoms with E-state index in [1.165, 1.54) is 5.57 Å². The molecule has 3 saturated carbocycles. The first-order valence-corrected chi connectivity index (χ1v) is 14.2. The minimum atomic E-state index is -2.00. The molecule has 0 unspecified atom stereocenters. The third kappa shape index (κ3) is 2.57. The van der Waals surface area contributed by atoms with Crippen molar-refractivity contribution in [2.45, 2.75) is 84.0 Å². The van der Waals surface area contributed by atoms with Crippen LogP contribution in [0, 0.1) is 39.9 Å². The second-order valence-corrected chi connectivity index (χ2v) is 15.4. The van der Waals surface area contributed by atoms with Crippen molar-refractivity contribution < 1.29 is 14.0 Å². The van der Waals surface area contributed by atoms with E-state index in [9.17, 15) is 14.9 Å². The van der Waals surface area contributed by atoms with Crippen LogP contribution in [0.4, 0.5) is 0 Å². The average Bonchev–Trinajstić information content (AvgIpc) is 2.88. The van der Waals surface area contributed by atoms with Crippen molar-refractivity contribution in [2.75, 3.05) is 0 Å². The molecule has 6 atom stereocenters. The molecule has 0 spiro atoms. The Hall–Kier alpha value is -1.25. The Labute approximate surface area is 169 Å². The fourth-order valence-corrected chi connectivity index (χ4v) is 8.58. The third-order valence-electron chi connectivity index (χ3n) is 8.49. The van der Waals surface area contributed by atoms with Gasteiger partial charge in [-0.2, -0.15) is 5.26 Å². The molecule has 0 aromatic heterocycles. The summed E-state index contributed by atoms with van der Waals surface area (Å²) >= 11 is 0. The average molecular weight is 400 g/mol. The fourth-order valence-electron chi connectivity index (χ4n) is 7.18. The van der Waals surface area contributed by atoms with Gasteiger partial charge in [0.25, 0.3) is 0 Å². The summed E-state index contributed by atoms with van der Waals surface area (Å²) in [5.41, 5.74) is -0.499. The molecule has 0 aliphatic heterocycles. The van der Waals surface area contributed by atoms with E-state index in [0.717, 1.165) is 19.3 Å². The Morgan fingerprint density at radius 3 is 2.54 bits per heavy atom. The van der Waals surface area contributed by atoms with Gasteiger partial charge in [0, 0.05) is 19.3 Å². The van der Waals surface area contributed by atoms with Crippen LogP contribution in [0.1, 0.15) is 58.8 Å². The zero-order valence-corrected chi connectivity index (χ0v) is 18.9. The van der Waals surface area contributed by atoms with Gasteiger partial charge in [-0.1, -0.05) is 18.6 Å². The van der Waals surface area contributed by atoms with Crippen LogP contribution in [0.15, 0.2) is 11.6 Å². The van der Waals surface area contributed by atoms with Gasteiger partial charge in [-0.15, -0.1) is 0 Å². The Morgan fingerprint density at radius 1 is 1.18 bits per heavy atom. The molecule has 0 radical (unpaired) electrons. The largest absolute Gasteiger partial charge is 0.399 e. The maximum atomic E-state index is 13.7. The summed E-state index contributed by atoms with van der Waals surface area (Å²) in [4.78, 5) is 26.0. The molecule has 152 valence electrons. The molecule has 28 heavy (non-hydrogen) atoms. The van der Waals surface area contributed by atoms with Crippen LogP contribution >= 0.6 is 0 Å². The van der Waals surface area contributed by atoms with Crippen LogP contribution in [0.2, 0.25) is 19.6 Å². The zero-order chi connectivity index (χ0) is 20.5. The Kier molecular flexibility index (Phi) is 4.38. The van der Waals surface area contributed by atoms with Gasteiger partial charge in [0.05, 0.1) is 11.5 Å². The van der Waals surface area contributed by atoms with Gasteiger partial charge in [0.2, 0.25) is 0 Å². The van der Waals surface area contributed by atoms with Crippen LogP contribution in [-0.4, -0.2) is 25.5 Å². The van der Waals surface area contributed by atoms with Gasteiger partial charge in [-0.25, -0.2) is 0 Å². The number of Topliss-reactive ketones (excluding diaryl/α,β-unsaturated/α-hetero) is 2. The summed E-state index contributed by atoms with van der Waals surface area (Å²) in [5.74, 6) is 1.28. The molecule has 0 heterocycles. The predicted octanol–water partition coefficient (Wildman–Crippen LogP) is 4.81. The highest BCUT2D eigenvalue weighted by atomic mass is 28.4. The number of fused-ring (bicyclic) bond motifs is 5. The molecule has 0 N–H and O–H groups in total. The monoisotopic (exact) mass is 399 g/mol. The fraction of sp³-hybridized carbons (Fsp3) is 0.783.